The van der Waals surface area contributed by atoms with E-state index >= 15 is 0 Å². The fourth-order valence-corrected chi connectivity index (χ4v) is 5.14. The summed E-state index contributed by atoms with van der Waals surface area (Å²) >= 11 is 0. The monoisotopic (exact) mass is 548 g/mol. The number of rotatable bonds is 10. The van der Waals surface area contributed by atoms with Crippen LogP contribution in [-0.4, -0.2) is 42.8 Å². The van der Waals surface area contributed by atoms with E-state index in [4.69, 9.17) is 9.72 Å². The van der Waals surface area contributed by atoms with Gasteiger partial charge in [0, 0.05) is 30.6 Å². The third kappa shape index (κ3) is 6.28. The zero-order valence-corrected chi connectivity index (χ0v) is 22.8. The molecular weight excluding hydrogens is 514 g/mol. The largest absolute Gasteiger partial charge is 0.372 e. The van der Waals surface area contributed by atoms with Crippen LogP contribution in [0.2, 0.25) is 0 Å². The first-order chi connectivity index (χ1) is 19.2. The third-order valence-electron chi connectivity index (χ3n) is 7.37. The minimum atomic E-state index is -2.68. The van der Waals surface area contributed by atoms with E-state index in [9.17, 15) is 13.6 Å². The first-order valence-electron chi connectivity index (χ1n) is 13.6. The SMILES string of the molecule is C=C(COCc1ccccc1)c1cnn2cc([C@@H](NC(=O)c3ccnn3C(C)C)C3CCC(F)(F)CC3)nc2c1. The molecule has 40 heavy (non-hydrogen) atoms. The van der Waals surface area contributed by atoms with Gasteiger partial charge in [0.05, 0.1) is 37.3 Å². The number of aromatic nitrogens is 5. The molecule has 0 spiro atoms. The van der Waals surface area contributed by atoms with Crippen molar-refractivity contribution in [3.05, 3.63) is 90.1 Å². The molecule has 5 rings (SSSR count). The van der Waals surface area contributed by atoms with Gasteiger partial charge in [-0.1, -0.05) is 36.9 Å². The number of carbonyl (C=O) groups excluding carboxylic acids is 1. The summed E-state index contributed by atoms with van der Waals surface area (Å²) < 4.78 is 37.1. The summed E-state index contributed by atoms with van der Waals surface area (Å²) in [5.74, 6) is -3.19. The second-order valence-electron chi connectivity index (χ2n) is 10.7. The van der Waals surface area contributed by atoms with Gasteiger partial charge in [-0.15, -0.1) is 0 Å². The molecule has 0 bridgehead atoms. The minimum absolute atomic E-state index is 0.00911. The number of ether oxygens (including phenoxy) is 1. The van der Waals surface area contributed by atoms with Crippen LogP contribution >= 0.6 is 0 Å². The molecule has 1 aliphatic carbocycles. The number of halogens is 2. The average molecular weight is 549 g/mol. The third-order valence-corrected chi connectivity index (χ3v) is 7.37. The van der Waals surface area contributed by atoms with Crippen molar-refractivity contribution in [3.63, 3.8) is 0 Å². The number of carbonyl (C=O) groups is 1. The molecule has 0 unspecified atom stereocenters. The zero-order chi connectivity index (χ0) is 28.3. The van der Waals surface area contributed by atoms with Crippen molar-refractivity contribution in [3.8, 4) is 0 Å². The Morgan fingerprint density at radius 1 is 1.18 bits per heavy atom. The maximum absolute atomic E-state index is 14.0. The van der Waals surface area contributed by atoms with Gasteiger partial charge in [0.2, 0.25) is 5.92 Å². The highest BCUT2D eigenvalue weighted by atomic mass is 19.3. The molecule has 1 aromatic carbocycles. The standard InChI is InChI=1S/C30H34F2N6O2/c1-20(2)38-26(11-14-33-38)29(39)36-28(23-9-12-30(31,32)13-10-23)25-17-37-27(35-25)15-24(16-34-37)21(3)18-40-19-22-7-5-4-6-8-22/h4-8,11,14-17,20,23,28H,3,9-10,12-13,18-19H2,1-2H3,(H,36,39)/t28-/m0/s1. The van der Waals surface area contributed by atoms with Gasteiger partial charge >= 0.3 is 0 Å². The van der Waals surface area contributed by atoms with E-state index in [-0.39, 0.29) is 43.6 Å². The lowest BCUT2D eigenvalue weighted by molar-refractivity contribution is -0.0495. The number of hydrogen-bond donors (Lipinski definition) is 1. The molecule has 1 fully saturated rings. The summed E-state index contributed by atoms with van der Waals surface area (Å²) in [6, 6.07) is 12.9. The van der Waals surface area contributed by atoms with Crippen LogP contribution in [0.5, 0.6) is 0 Å². The van der Waals surface area contributed by atoms with Crippen LogP contribution in [0.3, 0.4) is 0 Å². The molecule has 0 saturated heterocycles. The molecule has 1 saturated carbocycles. The van der Waals surface area contributed by atoms with Crippen LogP contribution < -0.4 is 5.32 Å². The number of hydrogen-bond acceptors (Lipinski definition) is 5. The summed E-state index contributed by atoms with van der Waals surface area (Å²) in [4.78, 5) is 18.1. The number of nitrogens with one attached hydrogen (secondary N) is 1. The van der Waals surface area contributed by atoms with Gasteiger partial charge in [0.15, 0.2) is 5.65 Å². The van der Waals surface area contributed by atoms with E-state index in [0.29, 0.717) is 30.2 Å². The fraction of sp³-hybridized carbons (Fsp3) is 0.400. The Hall–Kier alpha value is -3.92. The predicted octanol–water partition coefficient (Wildman–Crippen LogP) is 6.03. The number of fused-ring (bicyclic) bond motifs is 1. The zero-order valence-electron chi connectivity index (χ0n) is 22.8. The Morgan fingerprint density at radius 3 is 2.65 bits per heavy atom. The van der Waals surface area contributed by atoms with Crippen molar-refractivity contribution >= 4 is 17.1 Å². The molecule has 1 atom stereocenters. The summed E-state index contributed by atoms with van der Waals surface area (Å²) in [7, 11) is 0. The number of amides is 1. The quantitative estimate of drug-likeness (QED) is 0.261. The van der Waals surface area contributed by atoms with Crippen LogP contribution in [0.4, 0.5) is 8.78 Å². The molecule has 210 valence electrons. The Bertz CT molecular complexity index is 1470. The van der Waals surface area contributed by atoms with Gasteiger partial charge in [0.25, 0.3) is 5.91 Å². The molecule has 0 aliphatic heterocycles. The van der Waals surface area contributed by atoms with Gasteiger partial charge in [-0.25, -0.2) is 18.3 Å². The lowest BCUT2D eigenvalue weighted by Gasteiger charge is -2.33. The van der Waals surface area contributed by atoms with E-state index in [1.807, 2.05) is 50.2 Å². The molecule has 8 nitrogen and oxygen atoms in total. The molecule has 0 radical (unpaired) electrons. The van der Waals surface area contributed by atoms with Crippen molar-refractivity contribution in [2.45, 2.75) is 64.1 Å². The second-order valence-corrected chi connectivity index (χ2v) is 10.7. The van der Waals surface area contributed by atoms with Crippen LogP contribution in [0.25, 0.3) is 11.2 Å². The minimum Gasteiger partial charge on any atom is -0.372 e. The van der Waals surface area contributed by atoms with Crippen molar-refractivity contribution < 1.29 is 18.3 Å². The van der Waals surface area contributed by atoms with E-state index in [1.54, 1.807) is 33.9 Å². The Balaban J connectivity index is 1.36. The second kappa shape index (κ2) is 11.7. The molecule has 3 aromatic heterocycles. The summed E-state index contributed by atoms with van der Waals surface area (Å²) in [6.07, 6.45) is 5.16. The molecule has 1 aliphatic rings. The van der Waals surface area contributed by atoms with Crippen LogP contribution in [0.15, 0.2) is 67.6 Å². The van der Waals surface area contributed by atoms with Gasteiger partial charge in [0.1, 0.15) is 5.69 Å². The van der Waals surface area contributed by atoms with E-state index in [0.717, 1.165) is 16.7 Å². The highest BCUT2D eigenvalue weighted by Gasteiger charge is 2.39. The number of benzene rings is 1. The van der Waals surface area contributed by atoms with E-state index < -0.39 is 12.0 Å². The molecule has 10 heteroatoms. The van der Waals surface area contributed by atoms with Crippen molar-refractivity contribution in [1.29, 1.82) is 0 Å². The smallest absolute Gasteiger partial charge is 0.270 e. The first kappa shape index (κ1) is 27.6. The normalized spacial score (nSPS) is 16.3. The number of alkyl halides is 2. The van der Waals surface area contributed by atoms with Gasteiger partial charge in [-0.05, 0) is 55.9 Å². The highest BCUT2D eigenvalue weighted by molar-refractivity contribution is 5.92. The molecule has 1 amide bonds. The van der Waals surface area contributed by atoms with E-state index in [1.165, 1.54) is 0 Å². The average Bonchev–Trinajstić information content (AvgIpc) is 3.60. The maximum Gasteiger partial charge on any atom is 0.270 e. The van der Waals surface area contributed by atoms with Crippen LogP contribution in [0.1, 0.15) is 78.9 Å². The Labute approximate surface area is 232 Å². The first-order valence-corrected chi connectivity index (χ1v) is 13.6. The van der Waals surface area contributed by atoms with Crippen LogP contribution in [-0.2, 0) is 11.3 Å². The van der Waals surface area contributed by atoms with Gasteiger partial charge < -0.3 is 10.1 Å². The van der Waals surface area contributed by atoms with Crippen molar-refractivity contribution in [1.82, 2.24) is 29.7 Å². The predicted molar refractivity (Wildman–Crippen MR) is 148 cm³/mol. The lowest BCUT2D eigenvalue weighted by atomic mass is 9.81. The Morgan fingerprint density at radius 2 is 1.93 bits per heavy atom. The maximum atomic E-state index is 14.0. The molecule has 4 aromatic rings. The van der Waals surface area contributed by atoms with Gasteiger partial charge in [-0.2, -0.15) is 10.2 Å². The number of nitrogens with zero attached hydrogens (tertiary/aromatic N) is 5. The van der Waals surface area contributed by atoms with E-state index in [2.05, 4.69) is 22.1 Å². The summed E-state index contributed by atoms with van der Waals surface area (Å²) in [5, 5.41) is 11.8. The van der Waals surface area contributed by atoms with Crippen molar-refractivity contribution in [2.75, 3.05) is 6.61 Å². The lowest BCUT2D eigenvalue weighted by Crippen LogP contribution is -2.38. The highest BCUT2D eigenvalue weighted by Crippen LogP contribution is 2.41. The molecule has 1 N–H and O–H groups in total. The molecule has 3 heterocycles. The summed E-state index contributed by atoms with van der Waals surface area (Å²) in [5.41, 5.74) is 4.19. The number of imidazole rings is 1. The molecular formula is C30H34F2N6O2. The fourth-order valence-electron chi connectivity index (χ4n) is 5.14. The Kier molecular flexibility index (Phi) is 8.07. The topological polar surface area (TPSA) is 86.3 Å². The summed E-state index contributed by atoms with van der Waals surface area (Å²) in [6.45, 7) is 8.83. The van der Waals surface area contributed by atoms with Gasteiger partial charge in [-0.3, -0.25) is 9.48 Å². The van der Waals surface area contributed by atoms with Crippen LogP contribution in [0, 0.1) is 5.92 Å². The van der Waals surface area contributed by atoms with Crippen molar-refractivity contribution in [2.24, 2.45) is 5.92 Å².